The number of rotatable bonds is 6. The molecule has 0 spiro atoms. The van der Waals surface area contributed by atoms with Crippen molar-refractivity contribution in [3.63, 3.8) is 0 Å². The summed E-state index contributed by atoms with van der Waals surface area (Å²) in [6.45, 7) is 0. The standard InChI is InChI=1S/C52H38/c1-3-14-36(15-4-1)38-18-11-13-35(29-38)30-51-46-23-9-10-24-47(46)52-33-41(27-28-48(51)52)40-25-26-43-34-50(45-22-8-7-21-44(45)49(43)32-40)42-20-12-19-39(31-42)37-16-5-2-6-17-37/h1-29,31-33,50-51H,30,34H2/t50-,51?/m1/s1. The second-order valence-corrected chi connectivity index (χ2v) is 14.4. The highest BCUT2D eigenvalue weighted by Gasteiger charge is 2.30. The van der Waals surface area contributed by atoms with Crippen LogP contribution in [0.4, 0.5) is 0 Å². The van der Waals surface area contributed by atoms with Crippen molar-refractivity contribution in [3.05, 3.63) is 228 Å². The van der Waals surface area contributed by atoms with Gasteiger partial charge in [-0.05, 0) is 114 Å². The molecule has 0 saturated carbocycles. The third-order valence-corrected chi connectivity index (χ3v) is 11.4. The molecule has 0 heteroatoms. The average molecular weight is 663 g/mol. The van der Waals surface area contributed by atoms with Gasteiger partial charge in [0.05, 0.1) is 0 Å². The van der Waals surface area contributed by atoms with Crippen molar-refractivity contribution in [2.45, 2.75) is 24.7 Å². The van der Waals surface area contributed by atoms with Gasteiger partial charge in [-0.2, -0.15) is 0 Å². The predicted octanol–water partition coefficient (Wildman–Crippen LogP) is 13.4. The first kappa shape index (κ1) is 30.6. The van der Waals surface area contributed by atoms with Gasteiger partial charge in [0.15, 0.2) is 0 Å². The zero-order valence-corrected chi connectivity index (χ0v) is 29.0. The Morgan fingerprint density at radius 2 is 0.885 bits per heavy atom. The van der Waals surface area contributed by atoms with E-state index in [1.54, 1.807) is 0 Å². The predicted molar refractivity (Wildman–Crippen MR) is 218 cm³/mol. The van der Waals surface area contributed by atoms with E-state index in [2.05, 4.69) is 194 Å². The van der Waals surface area contributed by atoms with Crippen molar-refractivity contribution in [2.24, 2.45) is 0 Å². The van der Waals surface area contributed by atoms with Crippen LogP contribution in [0.5, 0.6) is 0 Å². The molecule has 246 valence electrons. The van der Waals surface area contributed by atoms with E-state index in [4.69, 9.17) is 0 Å². The first-order valence-corrected chi connectivity index (χ1v) is 18.5. The summed E-state index contributed by atoms with van der Waals surface area (Å²) in [5, 5.41) is 0. The average Bonchev–Trinajstić information content (AvgIpc) is 3.53. The third-order valence-electron chi connectivity index (χ3n) is 11.4. The van der Waals surface area contributed by atoms with Crippen molar-refractivity contribution < 1.29 is 0 Å². The molecule has 1 unspecified atom stereocenters. The van der Waals surface area contributed by atoms with Crippen LogP contribution in [-0.4, -0.2) is 0 Å². The lowest BCUT2D eigenvalue weighted by Crippen LogP contribution is -2.12. The topological polar surface area (TPSA) is 0 Å². The Hall–Kier alpha value is -6.24. The molecule has 0 aromatic heterocycles. The van der Waals surface area contributed by atoms with Gasteiger partial charge in [0.2, 0.25) is 0 Å². The molecule has 0 fully saturated rings. The molecule has 0 radical (unpaired) electrons. The fourth-order valence-corrected chi connectivity index (χ4v) is 8.87. The number of hydrogen-bond acceptors (Lipinski definition) is 0. The number of hydrogen-bond donors (Lipinski definition) is 0. The first-order valence-electron chi connectivity index (χ1n) is 18.5. The molecule has 8 aromatic rings. The molecule has 10 rings (SSSR count). The lowest BCUT2D eigenvalue weighted by atomic mass is 9.75. The summed E-state index contributed by atoms with van der Waals surface area (Å²) in [5.74, 6) is 0.652. The Labute approximate surface area is 306 Å². The summed E-state index contributed by atoms with van der Waals surface area (Å²) in [4.78, 5) is 0. The van der Waals surface area contributed by atoms with Gasteiger partial charge < -0.3 is 0 Å². The summed E-state index contributed by atoms with van der Waals surface area (Å²) in [7, 11) is 0. The Bertz CT molecular complexity index is 2570. The highest BCUT2D eigenvalue weighted by atomic mass is 14.3. The van der Waals surface area contributed by atoms with E-state index in [0.717, 1.165) is 12.8 Å². The zero-order valence-electron chi connectivity index (χ0n) is 29.0. The molecule has 0 saturated heterocycles. The Morgan fingerprint density at radius 1 is 0.346 bits per heavy atom. The first-order chi connectivity index (χ1) is 25.8. The number of benzene rings is 8. The van der Waals surface area contributed by atoms with E-state index in [0.29, 0.717) is 11.8 Å². The van der Waals surface area contributed by atoms with Crippen molar-refractivity contribution >= 4 is 0 Å². The van der Waals surface area contributed by atoms with E-state index in [1.165, 1.54) is 89.0 Å². The van der Waals surface area contributed by atoms with Crippen LogP contribution in [0.2, 0.25) is 0 Å². The van der Waals surface area contributed by atoms with Crippen LogP contribution < -0.4 is 0 Å². The van der Waals surface area contributed by atoms with E-state index in [-0.39, 0.29) is 0 Å². The number of fused-ring (bicyclic) bond motifs is 6. The maximum atomic E-state index is 2.45. The molecular weight excluding hydrogens is 625 g/mol. The molecule has 2 atom stereocenters. The molecule has 0 N–H and O–H groups in total. The lowest BCUT2D eigenvalue weighted by Gasteiger charge is -2.29. The summed E-state index contributed by atoms with van der Waals surface area (Å²) < 4.78 is 0. The van der Waals surface area contributed by atoms with Crippen molar-refractivity contribution in [2.75, 3.05) is 0 Å². The summed E-state index contributed by atoms with van der Waals surface area (Å²) >= 11 is 0. The van der Waals surface area contributed by atoms with Gasteiger partial charge >= 0.3 is 0 Å². The van der Waals surface area contributed by atoms with Crippen LogP contribution in [0.25, 0.3) is 55.6 Å². The lowest BCUT2D eigenvalue weighted by molar-refractivity contribution is 0.794. The molecular formula is C52H38. The van der Waals surface area contributed by atoms with Crippen LogP contribution in [0.1, 0.15) is 45.2 Å². The fourth-order valence-electron chi connectivity index (χ4n) is 8.87. The van der Waals surface area contributed by atoms with E-state index >= 15 is 0 Å². The molecule has 0 aliphatic heterocycles. The van der Waals surface area contributed by atoms with Crippen LogP contribution >= 0.6 is 0 Å². The van der Waals surface area contributed by atoms with Crippen molar-refractivity contribution in [1.29, 1.82) is 0 Å². The quantitative estimate of drug-likeness (QED) is 0.166. The molecule has 8 aromatic carbocycles. The van der Waals surface area contributed by atoms with E-state index < -0.39 is 0 Å². The van der Waals surface area contributed by atoms with E-state index in [9.17, 15) is 0 Å². The molecule has 52 heavy (non-hydrogen) atoms. The monoisotopic (exact) mass is 662 g/mol. The van der Waals surface area contributed by atoms with Crippen molar-refractivity contribution in [1.82, 2.24) is 0 Å². The molecule has 0 amide bonds. The van der Waals surface area contributed by atoms with Gasteiger partial charge in [-0.15, -0.1) is 0 Å². The summed E-state index contributed by atoms with van der Waals surface area (Å²) in [6.07, 6.45) is 1.98. The van der Waals surface area contributed by atoms with Gasteiger partial charge in [0, 0.05) is 11.8 Å². The van der Waals surface area contributed by atoms with Crippen LogP contribution in [0, 0.1) is 0 Å². The van der Waals surface area contributed by atoms with E-state index in [1.807, 2.05) is 0 Å². The molecule has 2 aliphatic rings. The minimum absolute atomic E-state index is 0.319. The van der Waals surface area contributed by atoms with Gasteiger partial charge in [-0.1, -0.05) is 182 Å². The van der Waals surface area contributed by atoms with Gasteiger partial charge in [0.1, 0.15) is 0 Å². The summed E-state index contributed by atoms with van der Waals surface area (Å²) in [6, 6.07) is 72.2. The van der Waals surface area contributed by atoms with Crippen LogP contribution in [0.15, 0.2) is 194 Å². The SMILES string of the molecule is c1ccc(-c2cccc(CC3c4ccccc4-c4cc(-c5ccc6c(c5)-c5ccccc5[C@@H](c5cccc(-c7ccccc7)c5)C6)ccc43)c2)cc1. The largest absolute Gasteiger partial charge is 0.0622 e. The summed E-state index contributed by atoms with van der Waals surface area (Å²) in [5.41, 5.74) is 21.5. The van der Waals surface area contributed by atoms with Gasteiger partial charge in [-0.25, -0.2) is 0 Å². The minimum Gasteiger partial charge on any atom is -0.0622 e. The maximum Gasteiger partial charge on any atom is 0.0142 e. The second-order valence-electron chi connectivity index (χ2n) is 14.4. The van der Waals surface area contributed by atoms with Gasteiger partial charge in [-0.3, -0.25) is 0 Å². The smallest absolute Gasteiger partial charge is 0.0142 e. The third kappa shape index (κ3) is 5.40. The van der Waals surface area contributed by atoms with Gasteiger partial charge in [0.25, 0.3) is 0 Å². The highest BCUT2D eigenvalue weighted by molar-refractivity contribution is 5.86. The Kier molecular flexibility index (Phi) is 7.54. The minimum atomic E-state index is 0.319. The normalized spacial score (nSPS) is 15.3. The molecule has 0 nitrogen and oxygen atoms in total. The molecule has 0 bridgehead atoms. The zero-order chi connectivity index (χ0) is 34.4. The maximum absolute atomic E-state index is 2.45. The highest BCUT2D eigenvalue weighted by Crippen LogP contribution is 2.49. The Morgan fingerprint density at radius 3 is 1.63 bits per heavy atom. The van der Waals surface area contributed by atoms with Crippen LogP contribution in [-0.2, 0) is 12.8 Å². The fraction of sp³-hybridized carbons (Fsp3) is 0.0769. The second kappa shape index (κ2) is 12.8. The van der Waals surface area contributed by atoms with Crippen LogP contribution in [0.3, 0.4) is 0 Å². The Balaban J connectivity index is 0.989. The molecule has 0 heterocycles. The molecule has 2 aliphatic carbocycles. The van der Waals surface area contributed by atoms with Crippen molar-refractivity contribution in [3.8, 4) is 55.6 Å².